The Morgan fingerprint density at radius 3 is 3.00 bits per heavy atom. The maximum absolute atomic E-state index is 13.9. The molecule has 1 atom stereocenters. The fourth-order valence-corrected chi connectivity index (χ4v) is 2.66. The molecule has 0 bridgehead atoms. The highest BCUT2D eigenvalue weighted by molar-refractivity contribution is 9.10. The van der Waals surface area contributed by atoms with Crippen LogP contribution in [0.2, 0.25) is 0 Å². The van der Waals surface area contributed by atoms with Crippen LogP contribution < -0.4 is 5.32 Å². The molecule has 1 unspecified atom stereocenters. The van der Waals surface area contributed by atoms with Gasteiger partial charge in [0.05, 0.1) is 13.2 Å². The normalized spacial score (nSPS) is 20.6. The second-order valence-corrected chi connectivity index (χ2v) is 6.41. The highest BCUT2D eigenvalue weighted by Gasteiger charge is 2.23. The predicted octanol–water partition coefficient (Wildman–Crippen LogP) is 2.79. The Hall–Kier alpha value is -0.490. The summed E-state index contributed by atoms with van der Waals surface area (Å²) in [5, 5.41) is 3.43. The Labute approximate surface area is 128 Å². The fraction of sp³-hybridized carbons (Fsp3) is 0.600. The Bertz CT molecular complexity index is 442. The summed E-state index contributed by atoms with van der Waals surface area (Å²) in [5.74, 6) is -0.151. The highest BCUT2D eigenvalue weighted by atomic mass is 79.9. The van der Waals surface area contributed by atoms with E-state index in [0.29, 0.717) is 25.2 Å². The molecule has 1 N–H and O–H groups in total. The Morgan fingerprint density at radius 2 is 2.30 bits per heavy atom. The van der Waals surface area contributed by atoms with Gasteiger partial charge in [0.1, 0.15) is 5.82 Å². The molecular weight excluding hydrogens is 323 g/mol. The zero-order chi connectivity index (χ0) is 14.5. The molecule has 0 amide bonds. The molecule has 20 heavy (non-hydrogen) atoms. The third kappa shape index (κ3) is 4.52. The molecule has 1 aliphatic heterocycles. The average Bonchev–Trinajstić information content (AvgIpc) is 2.41. The maximum atomic E-state index is 13.9. The van der Waals surface area contributed by atoms with Crippen molar-refractivity contribution in [2.45, 2.75) is 32.5 Å². The maximum Gasteiger partial charge on any atom is 0.128 e. The molecule has 1 aromatic carbocycles. The molecule has 0 spiro atoms. The topological polar surface area (TPSA) is 24.5 Å². The van der Waals surface area contributed by atoms with Crippen molar-refractivity contribution in [2.75, 3.05) is 26.3 Å². The number of hydrogen-bond acceptors (Lipinski definition) is 3. The number of benzene rings is 1. The standard InChI is InChI=1S/C15H22BrFN2O/c1-11(2)18-8-14-10-20-6-5-19(14)9-12-3-4-13(16)7-15(12)17/h3-4,7,11,14,18H,5-6,8-10H2,1-2H3. The van der Waals surface area contributed by atoms with Crippen LogP contribution in [0.1, 0.15) is 19.4 Å². The average molecular weight is 345 g/mol. The van der Waals surface area contributed by atoms with Gasteiger partial charge in [-0.2, -0.15) is 0 Å². The minimum absolute atomic E-state index is 0.151. The van der Waals surface area contributed by atoms with Gasteiger partial charge in [-0.3, -0.25) is 4.90 Å². The van der Waals surface area contributed by atoms with E-state index in [0.717, 1.165) is 29.7 Å². The molecular formula is C15H22BrFN2O. The smallest absolute Gasteiger partial charge is 0.128 e. The quantitative estimate of drug-likeness (QED) is 0.888. The summed E-state index contributed by atoms with van der Waals surface area (Å²) in [6.45, 7) is 8.03. The number of halogens is 2. The molecule has 0 aromatic heterocycles. The molecule has 1 aliphatic rings. The van der Waals surface area contributed by atoms with E-state index in [4.69, 9.17) is 4.74 Å². The van der Waals surface area contributed by atoms with Gasteiger partial charge >= 0.3 is 0 Å². The number of hydrogen-bond donors (Lipinski definition) is 1. The summed E-state index contributed by atoms with van der Waals surface area (Å²) in [6.07, 6.45) is 0. The van der Waals surface area contributed by atoms with Crippen molar-refractivity contribution in [2.24, 2.45) is 0 Å². The summed E-state index contributed by atoms with van der Waals surface area (Å²) in [4.78, 5) is 2.30. The van der Waals surface area contributed by atoms with Gasteiger partial charge in [-0.25, -0.2) is 4.39 Å². The zero-order valence-electron chi connectivity index (χ0n) is 12.0. The fourth-order valence-electron chi connectivity index (χ4n) is 2.33. The molecule has 1 fully saturated rings. The van der Waals surface area contributed by atoms with Gasteiger partial charge in [-0.1, -0.05) is 35.8 Å². The van der Waals surface area contributed by atoms with Crippen LogP contribution >= 0.6 is 15.9 Å². The van der Waals surface area contributed by atoms with Crippen molar-refractivity contribution in [3.8, 4) is 0 Å². The zero-order valence-corrected chi connectivity index (χ0v) is 13.6. The molecule has 0 saturated carbocycles. The van der Waals surface area contributed by atoms with E-state index in [9.17, 15) is 4.39 Å². The molecule has 112 valence electrons. The molecule has 1 saturated heterocycles. The van der Waals surface area contributed by atoms with Crippen molar-refractivity contribution in [1.82, 2.24) is 10.2 Å². The minimum Gasteiger partial charge on any atom is -0.378 e. The van der Waals surface area contributed by atoms with Crippen LogP contribution in [0.4, 0.5) is 4.39 Å². The van der Waals surface area contributed by atoms with Crippen molar-refractivity contribution in [3.05, 3.63) is 34.1 Å². The lowest BCUT2D eigenvalue weighted by atomic mass is 10.1. The van der Waals surface area contributed by atoms with E-state index >= 15 is 0 Å². The monoisotopic (exact) mass is 344 g/mol. The van der Waals surface area contributed by atoms with Crippen LogP contribution in [-0.2, 0) is 11.3 Å². The third-order valence-corrected chi connectivity index (χ3v) is 3.99. The second-order valence-electron chi connectivity index (χ2n) is 5.50. The van der Waals surface area contributed by atoms with Gasteiger partial charge in [-0.15, -0.1) is 0 Å². The van der Waals surface area contributed by atoms with Gasteiger partial charge in [-0.05, 0) is 12.1 Å². The number of nitrogens with zero attached hydrogens (tertiary/aromatic N) is 1. The van der Waals surface area contributed by atoms with E-state index in [-0.39, 0.29) is 5.82 Å². The van der Waals surface area contributed by atoms with Crippen LogP contribution in [0.3, 0.4) is 0 Å². The Kier molecular flexibility index (Phi) is 5.96. The largest absolute Gasteiger partial charge is 0.378 e. The SMILES string of the molecule is CC(C)NCC1COCCN1Cc1ccc(Br)cc1F. The predicted molar refractivity (Wildman–Crippen MR) is 82.3 cm³/mol. The van der Waals surface area contributed by atoms with E-state index < -0.39 is 0 Å². The summed E-state index contributed by atoms with van der Waals surface area (Å²) in [6, 6.07) is 6.01. The first-order valence-electron chi connectivity index (χ1n) is 7.05. The first-order valence-corrected chi connectivity index (χ1v) is 7.84. The lowest BCUT2D eigenvalue weighted by molar-refractivity contribution is -0.0119. The van der Waals surface area contributed by atoms with Gasteiger partial charge < -0.3 is 10.1 Å². The van der Waals surface area contributed by atoms with Gasteiger partial charge in [0, 0.05) is 41.8 Å². The molecule has 1 aromatic rings. The Morgan fingerprint density at radius 1 is 1.50 bits per heavy atom. The molecule has 2 rings (SSSR count). The summed E-state index contributed by atoms with van der Waals surface area (Å²) < 4.78 is 20.3. The van der Waals surface area contributed by atoms with E-state index in [1.165, 1.54) is 6.07 Å². The summed E-state index contributed by atoms with van der Waals surface area (Å²) >= 11 is 3.29. The molecule has 3 nitrogen and oxygen atoms in total. The van der Waals surface area contributed by atoms with Crippen molar-refractivity contribution in [3.63, 3.8) is 0 Å². The van der Waals surface area contributed by atoms with Crippen LogP contribution in [0.15, 0.2) is 22.7 Å². The van der Waals surface area contributed by atoms with Gasteiger partial charge in [0.15, 0.2) is 0 Å². The first kappa shape index (κ1) is 15.9. The van der Waals surface area contributed by atoms with E-state index in [1.54, 1.807) is 0 Å². The first-order chi connectivity index (χ1) is 9.56. The molecule has 0 aliphatic carbocycles. The van der Waals surface area contributed by atoms with Gasteiger partial charge in [0.25, 0.3) is 0 Å². The van der Waals surface area contributed by atoms with Crippen LogP contribution in [0.5, 0.6) is 0 Å². The summed E-state index contributed by atoms with van der Waals surface area (Å²) in [5.41, 5.74) is 0.740. The van der Waals surface area contributed by atoms with Crippen molar-refractivity contribution >= 4 is 15.9 Å². The highest BCUT2D eigenvalue weighted by Crippen LogP contribution is 2.19. The number of morpholine rings is 1. The van der Waals surface area contributed by atoms with Crippen molar-refractivity contribution < 1.29 is 9.13 Å². The van der Waals surface area contributed by atoms with E-state index in [1.807, 2.05) is 12.1 Å². The number of rotatable bonds is 5. The molecule has 5 heteroatoms. The minimum atomic E-state index is -0.151. The van der Waals surface area contributed by atoms with Crippen LogP contribution in [0, 0.1) is 5.82 Å². The Balaban J connectivity index is 2.00. The lowest BCUT2D eigenvalue weighted by Crippen LogP contribution is -2.50. The number of nitrogens with one attached hydrogen (secondary N) is 1. The summed E-state index contributed by atoms with van der Waals surface area (Å²) in [7, 11) is 0. The van der Waals surface area contributed by atoms with Gasteiger partial charge in [0.2, 0.25) is 0 Å². The third-order valence-electron chi connectivity index (χ3n) is 3.50. The van der Waals surface area contributed by atoms with E-state index in [2.05, 4.69) is 40.0 Å². The van der Waals surface area contributed by atoms with Crippen LogP contribution in [0.25, 0.3) is 0 Å². The van der Waals surface area contributed by atoms with Crippen LogP contribution in [-0.4, -0.2) is 43.3 Å². The number of ether oxygens (including phenoxy) is 1. The lowest BCUT2D eigenvalue weighted by Gasteiger charge is -2.36. The second kappa shape index (κ2) is 7.50. The van der Waals surface area contributed by atoms with Crippen molar-refractivity contribution in [1.29, 1.82) is 0 Å². The molecule has 1 heterocycles. The molecule has 0 radical (unpaired) electrons.